The zero-order chi connectivity index (χ0) is 24.0. The number of fused-ring (bicyclic) bond motifs is 3. The molecular weight excluding hydrogens is 426 g/mol. The van der Waals surface area contributed by atoms with Crippen molar-refractivity contribution in [2.24, 2.45) is 45.8 Å². The number of rotatable bonds is 6. The van der Waals surface area contributed by atoms with E-state index >= 15 is 0 Å². The third-order valence-corrected chi connectivity index (χ3v) is 10.8. The maximum Gasteiger partial charge on any atom is 0.315 e. The number of ether oxygens (including phenoxy) is 1. The second-order valence-electron chi connectivity index (χ2n) is 12.1. The zero-order valence-electron chi connectivity index (χ0n) is 20.7. The summed E-state index contributed by atoms with van der Waals surface area (Å²) in [7, 11) is 1.93. The number of benzene rings is 1. The molecule has 4 bridgehead atoms. The molecule has 0 aromatic heterocycles. The minimum absolute atomic E-state index is 0.0374. The van der Waals surface area contributed by atoms with Crippen molar-refractivity contribution in [1.29, 1.82) is 0 Å². The number of hydrogen-bond acceptors (Lipinski definition) is 4. The van der Waals surface area contributed by atoms with Crippen LogP contribution in [0, 0.1) is 45.8 Å². The third kappa shape index (κ3) is 2.25. The van der Waals surface area contributed by atoms with E-state index in [4.69, 9.17) is 4.74 Å². The summed E-state index contributed by atoms with van der Waals surface area (Å²) in [5, 5.41) is 14.5. The lowest BCUT2D eigenvalue weighted by molar-refractivity contribution is -0.202. The van der Waals surface area contributed by atoms with E-state index in [1.807, 2.05) is 19.2 Å². The summed E-state index contributed by atoms with van der Waals surface area (Å²) < 4.78 is 6.91. The summed E-state index contributed by atoms with van der Waals surface area (Å²) in [5.74, 6) is 0.300. The molecule has 34 heavy (non-hydrogen) atoms. The van der Waals surface area contributed by atoms with E-state index in [-0.39, 0.29) is 30.0 Å². The van der Waals surface area contributed by atoms with Gasteiger partial charge in [0.2, 0.25) is 0 Å². The Labute approximate surface area is 202 Å². The third-order valence-electron chi connectivity index (χ3n) is 10.8. The molecule has 3 fully saturated rings. The minimum atomic E-state index is -1.21. The SMILES string of the molecule is CNCC1OC(C23C[C@@H]4[C@H](C)CC[C@H]4C4(C=O)CC2C=C(C(C)C)C34C(=O)O)c2ccccc21. The molecule has 1 heterocycles. The van der Waals surface area contributed by atoms with E-state index in [1.54, 1.807) is 0 Å². The van der Waals surface area contributed by atoms with Crippen molar-refractivity contribution in [3.8, 4) is 0 Å². The summed E-state index contributed by atoms with van der Waals surface area (Å²) in [6, 6.07) is 8.36. The predicted molar refractivity (Wildman–Crippen MR) is 129 cm³/mol. The van der Waals surface area contributed by atoms with Crippen LogP contribution in [-0.4, -0.2) is 31.0 Å². The highest BCUT2D eigenvalue weighted by atomic mass is 16.5. The lowest BCUT2D eigenvalue weighted by Crippen LogP contribution is -2.63. The Morgan fingerprint density at radius 3 is 2.62 bits per heavy atom. The maximum atomic E-state index is 13.8. The maximum absolute atomic E-state index is 13.8. The van der Waals surface area contributed by atoms with Gasteiger partial charge in [0.05, 0.1) is 17.6 Å². The molecule has 5 aliphatic rings. The van der Waals surface area contributed by atoms with Gasteiger partial charge in [0.25, 0.3) is 0 Å². The summed E-state index contributed by atoms with van der Waals surface area (Å²) in [4.78, 5) is 27.0. The number of allylic oxidation sites excluding steroid dienone is 1. The fraction of sp³-hybridized carbons (Fsp3) is 0.655. The van der Waals surface area contributed by atoms with E-state index in [9.17, 15) is 14.7 Å². The topological polar surface area (TPSA) is 75.6 Å². The summed E-state index contributed by atoms with van der Waals surface area (Å²) in [5.41, 5.74) is 0.551. The van der Waals surface area contributed by atoms with Crippen molar-refractivity contribution in [2.75, 3.05) is 13.6 Å². The lowest BCUT2D eigenvalue weighted by atomic mass is 9.41. The molecule has 1 aromatic carbocycles. The van der Waals surface area contributed by atoms with Gasteiger partial charge in [-0.25, -0.2) is 0 Å². The quantitative estimate of drug-likeness (QED) is 0.462. The minimum Gasteiger partial charge on any atom is -0.481 e. The van der Waals surface area contributed by atoms with E-state index in [1.165, 1.54) is 0 Å². The Kier molecular flexibility index (Phi) is 4.81. The molecule has 6 unspecified atom stereocenters. The number of carboxylic acids is 1. The van der Waals surface area contributed by atoms with Crippen molar-refractivity contribution < 1.29 is 19.4 Å². The molecule has 2 N–H and O–H groups in total. The molecule has 0 saturated heterocycles. The van der Waals surface area contributed by atoms with Gasteiger partial charge in [-0.2, -0.15) is 0 Å². The average molecular weight is 464 g/mol. The molecule has 1 aromatic rings. The fourth-order valence-corrected chi connectivity index (χ4v) is 9.84. The summed E-state index contributed by atoms with van der Waals surface area (Å²) in [6.07, 6.45) is 6.43. The van der Waals surface area contributed by atoms with Gasteiger partial charge in [-0.1, -0.05) is 63.1 Å². The van der Waals surface area contributed by atoms with Crippen molar-refractivity contribution in [3.63, 3.8) is 0 Å². The monoisotopic (exact) mass is 463 g/mol. The van der Waals surface area contributed by atoms with Gasteiger partial charge in [-0.15, -0.1) is 0 Å². The zero-order valence-corrected chi connectivity index (χ0v) is 20.7. The highest BCUT2D eigenvalue weighted by Gasteiger charge is 2.86. The Morgan fingerprint density at radius 1 is 1.24 bits per heavy atom. The molecule has 5 heteroatoms. The molecule has 9 atom stereocenters. The highest BCUT2D eigenvalue weighted by molar-refractivity contribution is 5.90. The summed E-state index contributed by atoms with van der Waals surface area (Å²) >= 11 is 0. The molecule has 3 saturated carbocycles. The Hall–Kier alpha value is -1.98. The number of carbonyl (C=O) groups is 2. The normalized spacial score (nSPS) is 45.9. The predicted octanol–water partition coefficient (Wildman–Crippen LogP) is 4.94. The molecule has 182 valence electrons. The van der Waals surface area contributed by atoms with Crippen LogP contribution in [0.1, 0.15) is 69.8 Å². The van der Waals surface area contributed by atoms with Crippen molar-refractivity contribution in [1.82, 2.24) is 5.32 Å². The first-order valence-electron chi connectivity index (χ1n) is 13.1. The van der Waals surface area contributed by atoms with Crippen molar-refractivity contribution >= 4 is 12.3 Å². The highest BCUT2D eigenvalue weighted by Crippen LogP contribution is 2.85. The Morgan fingerprint density at radius 2 is 1.97 bits per heavy atom. The Bertz CT molecular complexity index is 1080. The van der Waals surface area contributed by atoms with Gasteiger partial charge in [-0.3, -0.25) is 4.79 Å². The first kappa shape index (κ1) is 22.5. The smallest absolute Gasteiger partial charge is 0.315 e. The van der Waals surface area contributed by atoms with Gasteiger partial charge in [-0.05, 0) is 67.0 Å². The van der Waals surface area contributed by atoms with E-state index in [0.717, 1.165) is 42.2 Å². The van der Waals surface area contributed by atoms with Gasteiger partial charge in [0.15, 0.2) is 0 Å². The summed E-state index contributed by atoms with van der Waals surface area (Å²) in [6.45, 7) is 7.18. The van der Waals surface area contributed by atoms with Gasteiger partial charge >= 0.3 is 5.97 Å². The van der Waals surface area contributed by atoms with Gasteiger partial charge in [0.1, 0.15) is 11.7 Å². The molecule has 5 nitrogen and oxygen atoms in total. The van der Waals surface area contributed by atoms with E-state index in [2.05, 4.69) is 44.3 Å². The molecule has 1 aliphatic heterocycles. The fourth-order valence-electron chi connectivity index (χ4n) is 9.84. The average Bonchev–Trinajstić information content (AvgIpc) is 3.50. The van der Waals surface area contributed by atoms with E-state index < -0.39 is 22.2 Å². The van der Waals surface area contributed by atoms with Crippen molar-refractivity contribution in [2.45, 2.75) is 58.7 Å². The first-order valence-corrected chi connectivity index (χ1v) is 13.1. The standard InChI is InChI=1S/C29H37NO4/c1-16(2)23-11-18-12-27(15-31)22-10-9-17(3)21(22)13-28(18,29(23,27)26(32)33)25-20-8-6-5-7-19(20)24(34-25)14-30-4/h5-8,11,15-18,21-22,24-25,30H,9-10,12-14H2,1-4H3,(H,32,33)/t17-,18?,21-,22-,24?,25?,27?,28?,29?/m1/s1. The van der Waals surface area contributed by atoms with Crippen LogP contribution in [0.5, 0.6) is 0 Å². The van der Waals surface area contributed by atoms with Crippen LogP contribution in [0.4, 0.5) is 0 Å². The first-order chi connectivity index (χ1) is 16.3. The number of hydrogen-bond donors (Lipinski definition) is 2. The van der Waals surface area contributed by atoms with Gasteiger partial charge in [0, 0.05) is 12.0 Å². The number of aliphatic carboxylic acids is 1. The van der Waals surface area contributed by atoms with Crippen molar-refractivity contribution in [3.05, 3.63) is 47.0 Å². The number of likely N-dealkylation sites (N-methyl/N-ethyl adjacent to an activating group) is 1. The Balaban J connectivity index is 1.64. The molecule has 0 amide bonds. The molecule has 6 rings (SSSR count). The van der Waals surface area contributed by atoms with Crippen LogP contribution in [0.15, 0.2) is 35.9 Å². The molecule has 4 aliphatic carbocycles. The largest absolute Gasteiger partial charge is 0.481 e. The molecule has 0 spiro atoms. The van der Waals surface area contributed by atoms with Crippen LogP contribution >= 0.6 is 0 Å². The molecule has 0 radical (unpaired) electrons. The number of nitrogens with one attached hydrogen (secondary N) is 1. The molecular formula is C29H37NO4. The van der Waals surface area contributed by atoms with Crippen LogP contribution in [0.25, 0.3) is 0 Å². The second-order valence-corrected chi connectivity index (χ2v) is 12.1. The van der Waals surface area contributed by atoms with Gasteiger partial charge < -0.3 is 20.0 Å². The number of aldehydes is 1. The van der Waals surface area contributed by atoms with Crippen LogP contribution < -0.4 is 5.32 Å². The van der Waals surface area contributed by atoms with Crippen LogP contribution in [0.3, 0.4) is 0 Å². The lowest BCUT2D eigenvalue weighted by Gasteiger charge is -2.60. The van der Waals surface area contributed by atoms with Crippen LogP contribution in [-0.2, 0) is 14.3 Å². The number of carboxylic acid groups (broad SMARTS) is 1. The van der Waals surface area contributed by atoms with E-state index in [0.29, 0.717) is 24.8 Å². The second kappa shape index (κ2) is 7.27. The van der Waals surface area contributed by atoms with Crippen LogP contribution in [0.2, 0.25) is 0 Å². The number of carbonyl (C=O) groups excluding carboxylic acids is 1.